The fourth-order valence-electron chi connectivity index (χ4n) is 1.37. The fraction of sp³-hybridized carbons (Fsp3) is 0.556. The SMILES string of the molecule is N[C@@H](c1ccc(C(F)(F)F)s1)C1CC1. The van der Waals surface area contributed by atoms with Crippen LogP contribution in [0.5, 0.6) is 0 Å². The summed E-state index contributed by atoms with van der Waals surface area (Å²) in [5, 5.41) is 0. The normalized spacial score (nSPS) is 19.7. The van der Waals surface area contributed by atoms with E-state index in [2.05, 4.69) is 0 Å². The van der Waals surface area contributed by atoms with Crippen LogP contribution in [0, 0.1) is 5.92 Å². The van der Waals surface area contributed by atoms with Gasteiger partial charge in [0.2, 0.25) is 0 Å². The van der Waals surface area contributed by atoms with Crippen LogP contribution in [-0.4, -0.2) is 0 Å². The molecule has 0 unspecified atom stereocenters. The summed E-state index contributed by atoms with van der Waals surface area (Å²) in [6, 6.07) is 2.41. The first-order valence-electron chi connectivity index (χ1n) is 4.41. The molecule has 1 aliphatic rings. The molecule has 1 saturated carbocycles. The van der Waals surface area contributed by atoms with E-state index in [0.29, 0.717) is 10.8 Å². The molecular formula is C9H10F3NS. The Bertz CT molecular complexity index is 327. The lowest BCUT2D eigenvalue weighted by atomic mass is 10.2. The van der Waals surface area contributed by atoms with Crippen molar-refractivity contribution in [2.75, 3.05) is 0 Å². The van der Waals surface area contributed by atoms with Crippen molar-refractivity contribution >= 4 is 11.3 Å². The molecule has 1 aromatic rings. The summed E-state index contributed by atoms with van der Waals surface area (Å²) in [6.45, 7) is 0. The Balaban J connectivity index is 2.16. The van der Waals surface area contributed by atoms with E-state index in [0.717, 1.165) is 30.2 Å². The largest absolute Gasteiger partial charge is 0.425 e. The maximum Gasteiger partial charge on any atom is 0.425 e. The van der Waals surface area contributed by atoms with E-state index in [1.165, 1.54) is 6.07 Å². The summed E-state index contributed by atoms with van der Waals surface area (Å²) >= 11 is 0.766. The number of thiophene rings is 1. The smallest absolute Gasteiger partial charge is 0.323 e. The monoisotopic (exact) mass is 221 g/mol. The van der Waals surface area contributed by atoms with Gasteiger partial charge in [-0.15, -0.1) is 11.3 Å². The molecule has 78 valence electrons. The first kappa shape index (κ1) is 9.98. The Morgan fingerprint density at radius 3 is 2.43 bits per heavy atom. The molecule has 1 aromatic heterocycles. The molecule has 1 atom stereocenters. The highest BCUT2D eigenvalue weighted by Gasteiger charge is 2.35. The molecule has 0 amide bonds. The van der Waals surface area contributed by atoms with Crippen LogP contribution in [0.4, 0.5) is 13.2 Å². The highest BCUT2D eigenvalue weighted by atomic mass is 32.1. The molecule has 0 bridgehead atoms. The number of halogens is 3. The molecule has 0 aliphatic heterocycles. The summed E-state index contributed by atoms with van der Waals surface area (Å²) in [4.78, 5) is 0.100. The summed E-state index contributed by atoms with van der Waals surface area (Å²) in [7, 11) is 0. The Morgan fingerprint density at radius 1 is 1.36 bits per heavy atom. The second-order valence-electron chi connectivity index (χ2n) is 3.56. The topological polar surface area (TPSA) is 26.0 Å². The number of nitrogens with two attached hydrogens (primary N) is 1. The van der Waals surface area contributed by atoms with E-state index >= 15 is 0 Å². The van der Waals surface area contributed by atoms with Crippen molar-refractivity contribution < 1.29 is 13.2 Å². The van der Waals surface area contributed by atoms with Crippen molar-refractivity contribution in [2.45, 2.75) is 25.1 Å². The molecule has 2 N–H and O–H groups in total. The summed E-state index contributed by atoms with van der Waals surface area (Å²) in [6.07, 6.45) is -2.15. The Hall–Kier alpha value is -0.550. The maximum absolute atomic E-state index is 12.3. The van der Waals surface area contributed by atoms with Gasteiger partial charge in [0.15, 0.2) is 0 Å². The van der Waals surface area contributed by atoms with Gasteiger partial charge >= 0.3 is 6.18 Å². The third-order valence-corrected chi connectivity index (χ3v) is 3.60. The zero-order valence-corrected chi connectivity index (χ0v) is 8.16. The first-order chi connectivity index (χ1) is 6.48. The third-order valence-electron chi connectivity index (χ3n) is 2.36. The molecule has 5 heteroatoms. The minimum absolute atomic E-state index is 0.198. The van der Waals surface area contributed by atoms with Crippen LogP contribution in [0.25, 0.3) is 0 Å². The number of hydrogen-bond acceptors (Lipinski definition) is 2. The highest BCUT2D eigenvalue weighted by Crippen LogP contribution is 2.43. The average Bonchev–Trinajstić information content (AvgIpc) is 2.79. The molecule has 0 radical (unpaired) electrons. The number of alkyl halides is 3. The lowest BCUT2D eigenvalue weighted by Crippen LogP contribution is -2.10. The maximum atomic E-state index is 12.3. The quantitative estimate of drug-likeness (QED) is 0.815. The summed E-state index contributed by atoms with van der Waals surface area (Å²) < 4.78 is 36.8. The molecule has 0 spiro atoms. The van der Waals surface area contributed by atoms with E-state index < -0.39 is 11.1 Å². The average molecular weight is 221 g/mol. The van der Waals surface area contributed by atoms with Gasteiger partial charge in [-0.1, -0.05) is 0 Å². The van der Waals surface area contributed by atoms with Crippen molar-refractivity contribution in [3.63, 3.8) is 0 Å². The Kier molecular flexibility index (Phi) is 2.31. The lowest BCUT2D eigenvalue weighted by molar-refractivity contribution is -0.134. The molecule has 2 rings (SSSR count). The van der Waals surface area contributed by atoms with E-state index in [-0.39, 0.29) is 6.04 Å². The zero-order chi connectivity index (χ0) is 10.3. The minimum Gasteiger partial charge on any atom is -0.323 e. The van der Waals surface area contributed by atoms with Gasteiger partial charge in [0.25, 0.3) is 0 Å². The Labute approximate surface area is 83.7 Å². The first-order valence-corrected chi connectivity index (χ1v) is 5.22. The van der Waals surface area contributed by atoms with Crippen molar-refractivity contribution in [3.8, 4) is 0 Å². The van der Waals surface area contributed by atoms with Gasteiger partial charge in [-0.05, 0) is 30.9 Å². The Morgan fingerprint density at radius 2 is 2.00 bits per heavy atom. The van der Waals surface area contributed by atoms with Crippen molar-refractivity contribution in [2.24, 2.45) is 11.7 Å². The van der Waals surface area contributed by atoms with Crippen molar-refractivity contribution in [3.05, 3.63) is 21.9 Å². The molecule has 1 heterocycles. The van der Waals surface area contributed by atoms with Crippen LogP contribution >= 0.6 is 11.3 Å². The molecule has 0 aromatic carbocycles. The number of hydrogen-bond donors (Lipinski definition) is 1. The van der Waals surface area contributed by atoms with Gasteiger partial charge in [-0.2, -0.15) is 13.2 Å². The zero-order valence-electron chi connectivity index (χ0n) is 7.34. The third kappa shape index (κ3) is 1.93. The van der Waals surface area contributed by atoms with Crippen LogP contribution in [0.2, 0.25) is 0 Å². The van der Waals surface area contributed by atoms with Gasteiger partial charge < -0.3 is 5.73 Å². The predicted molar refractivity (Wildman–Crippen MR) is 49.0 cm³/mol. The predicted octanol–water partition coefficient (Wildman–Crippen LogP) is 3.18. The minimum atomic E-state index is -4.23. The standard InChI is InChI=1S/C9H10F3NS/c10-9(11,12)7-4-3-6(14-7)8(13)5-1-2-5/h3-5,8H,1-2,13H2/t8-/m1/s1. The molecule has 0 saturated heterocycles. The molecule has 14 heavy (non-hydrogen) atoms. The van der Waals surface area contributed by atoms with Crippen LogP contribution < -0.4 is 5.73 Å². The second-order valence-corrected chi connectivity index (χ2v) is 4.68. The van der Waals surface area contributed by atoms with Crippen molar-refractivity contribution in [1.29, 1.82) is 0 Å². The van der Waals surface area contributed by atoms with Gasteiger partial charge in [0.05, 0.1) is 0 Å². The van der Waals surface area contributed by atoms with E-state index in [9.17, 15) is 13.2 Å². The molecule has 1 nitrogen and oxygen atoms in total. The van der Waals surface area contributed by atoms with E-state index in [1.807, 2.05) is 0 Å². The van der Waals surface area contributed by atoms with Gasteiger partial charge in [-0.3, -0.25) is 0 Å². The highest BCUT2D eigenvalue weighted by molar-refractivity contribution is 7.12. The molecule has 1 aliphatic carbocycles. The van der Waals surface area contributed by atoms with Gasteiger partial charge in [0.1, 0.15) is 4.88 Å². The van der Waals surface area contributed by atoms with Crippen LogP contribution in [0.15, 0.2) is 12.1 Å². The summed E-state index contributed by atoms with van der Waals surface area (Å²) in [5.74, 6) is 0.398. The molecule has 1 fully saturated rings. The molecular weight excluding hydrogens is 211 g/mol. The van der Waals surface area contributed by atoms with Crippen LogP contribution in [0.3, 0.4) is 0 Å². The number of rotatable bonds is 2. The second kappa shape index (κ2) is 3.24. The van der Waals surface area contributed by atoms with E-state index in [4.69, 9.17) is 5.73 Å². The van der Waals surface area contributed by atoms with E-state index in [1.54, 1.807) is 0 Å². The van der Waals surface area contributed by atoms with Crippen LogP contribution in [-0.2, 0) is 6.18 Å². The fourth-order valence-corrected chi connectivity index (χ4v) is 2.34. The summed E-state index contributed by atoms with van der Waals surface area (Å²) in [5.41, 5.74) is 5.80. The van der Waals surface area contributed by atoms with Gasteiger partial charge in [-0.25, -0.2) is 0 Å². The van der Waals surface area contributed by atoms with Gasteiger partial charge in [0, 0.05) is 10.9 Å². The lowest BCUT2D eigenvalue weighted by Gasteiger charge is -2.06. The van der Waals surface area contributed by atoms with Crippen LogP contribution in [0.1, 0.15) is 28.6 Å². The van der Waals surface area contributed by atoms with Crippen molar-refractivity contribution in [1.82, 2.24) is 0 Å².